The van der Waals surface area contributed by atoms with Crippen molar-refractivity contribution >= 4 is 46.0 Å². The minimum absolute atomic E-state index is 0.678. The largest absolute Gasteiger partial charge is 0.494 e. The minimum atomic E-state index is 0.678. The minimum Gasteiger partial charge on any atom is -0.494 e. The van der Waals surface area contributed by atoms with E-state index >= 15 is 0 Å². The van der Waals surface area contributed by atoms with E-state index in [9.17, 15) is 0 Å². The van der Waals surface area contributed by atoms with E-state index in [4.69, 9.17) is 33.9 Å². The van der Waals surface area contributed by atoms with E-state index in [2.05, 4.69) is 20.4 Å². The van der Waals surface area contributed by atoms with Gasteiger partial charge >= 0.3 is 0 Å². The summed E-state index contributed by atoms with van der Waals surface area (Å²) in [6, 6.07) is 16.1. The van der Waals surface area contributed by atoms with E-state index in [1.54, 1.807) is 0 Å². The molecule has 0 unspecified atom stereocenters. The number of benzene rings is 2. The van der Waals surface area contributed by atoms with Crippen LogP contribution >= 0.6 is 24.4 Å². The summed E-state index contributed by atoms with van der Waals surface area (Å²) < 4.78 is 11.0. The van der Waals surface area contributed by atoms with Crippen LogP contribution in [0.1, 0.15) is 58.8 Å². The first kappa shape index (κ1) is 29.4. The van der Waals surface area contributed by atoms with E-state index in [1.807, 2.05) is 62.4 Å². The van der Waals surface area contributed by atoms with Gasteiger partial charge in [0, 0.05) is 37.6 Å². The van der Waals surface area contributed by atoms with Crippen molar-refractivity contribution in [1.29, 1.82) is 0 Å². The van der Waals surface area contributed by atoms with Crippen molar-refractivity contribution in [3.05, 3.63) is 48.5 Å². The third-order valence-electron chi connectivity index (χ3n) is 7.86. The summed E-state index contributed by atoms with van der Waals surface area (Å²) in [5.74, 6) is 3.42. The van der Waals surface area contributed by atoms with Crippen LogP contribution in [0.2, 0.25) is 0 Å². The summed E-state index contributed by atoms with van der Waals surface area (Å²) in [6.45, 7) is 9.53. The lowest BCUT2D eigenvalue weighted by Gasteiger charge is -2.35. The van der Waals surface area contributed by atoms with E-state index in [-0.39, 0.29) is 0 Å². The van der Waals surface area contributed by atoms with Crippen LogP contribution in [0.4, 0.5) is 11.4 Å². The van der Waals surface area contributed by atoms with Gasteiger partial charge in [-0.2, -0.15) is 0 Å². The van der Waals surface area contributed by atoms with Gasteiger partial charge in [-0.3, -0.25) is 0 Å². The maximum Gasteiger partial charge on any atom is 0.173 e. The van der Waals surface area contributed by atoms with Gasteiger partial charge in [0.1, 0.15) is 11.5 Å². The molecule has 2 heterocycles. The van der Waals surface area contributed by atoms with Crippen LogP contribution in [0.25, 0.3) is 0 Å². The molecule has 4 rings (SSSR count). The Bertz CT molecular complexity index is 948. The Morgan fingerprint density at radius 2 is 1.03 bits per heavy atom. The van der Waals surface area contributed by atoms with Gasteiger partial charge in [-0.1, -0.05) is 19.3 Å². The van der Waals surface area contributed by atoms with Gasteiger partial charge in [0.15, 0.2) is 10.2 Å². The van der Waals surface area contributed by atoms with Crippen LogP contribution in [0.5, 0.6) is 11.5 Å². The quantitative estimate of drug-likeness (QED) is 0.293. The van der Waals surface area contributed by atoms with E-state index < -0.39 is 0 Å². The second-order valence-corrected chi connectivity index (χ2v) is 11.3. The standard InChI is InChI=1S/C31H44N4O2S2/c1-3-36-28-12-8-26(9-13-28)32-30(38)34-20-16-24(17-21-34)6-5-7-25-18-22-35(23-19-25)31(39)33-27-10-14-29(15-11-27)37-4-2/h8-15,24-25H,3-7,16-23H2,1-2H3,(H,32,38)(H,33,39). The van der Waals surface area contributed by atoms with Gasteiger partial charge in [0.25, 0.3) is 0 Å². The average Bonchev–Trinajstić information content (AvgIpc) is 2.96. The molecular weight excluding hydrogens is 525 g/mol. The molecule has 8 heteroatoms. The molecule has 2 saturated heterocycles. The second kappa shape index (κ2) is 15.3. The second-order valence-electron chi connectivity index (χ2n) is 10.6. The first-order chi connectivity index (χ1) is 19.0. The van der Waals surface area contributed by atoms with E-state index in [1.165, 1.54) is 44.9 Å². The lowest BCUT2D eigenvalue weighted by molar-refractivity contribution is 0.229. The zero-order valence-corrected chi connectivity index (χ0v) is 25.1. The highest BCUT2D eigenvalue weighted by Crippen LogP contribution is 2.28. The van der Waals surface area contributed by atoms with E-state index in [0.29, 0.717) is 13.2 Å². The molecule has 39 heavy (non-hydrogen) atoms. The number of hydrogen-bond donors (Lipinski definition) is 2. The number of likely N-dealkylation sites (tertiary alicyclic amines) is 2. The number of nitrogens with one attached hydrogen (secondary N) is 2. The number of nitrogens with zero attached hydrogens (tertiary/aromatic N) is 2. The molecule has 0 spiro atoms. The van der Waals surface area contributed by atoms with Gasteiger partial charge in [-0.25, -0.2) is 0 Å². The number of piperidine rings is 2. The lowest BCUT2D eigenvalue weighted by Crippen LogP contribution is -2.41. The molecule has 212 valence electrons. The van der Waals surface area contributed by atoms with Gasteiger partial charge in [-0.15, -0.1) is 0 Å². The Balaban J connectivity index is 1.08. The lowest BCUT2D eigenvalue weighted by atomic mass is 9.87. The monoisotopic (exact) mass is 568 g/mol. The van der Waals surface area contributed by atoms with Crippen molar-refractivity contribution < 1.29 is 9.47 Å². The van der Waals surface area contributed by atoms with Gasteiger partial charge < -0.3 is 29.9 Å². The smallest absolute Gasteiger partial charge is 0.173 e. The number of hydrogen-bond acceptors (Lipinski definition) is 4. The Labute approximate surface area is 245 Å². The molecule has 6 nitrogen and oxygen atoms in total. The predicted octanol–water partition coefficient (Wildman–Crippen LogP) is 7.17. The van der Waals surface area contributed by atoms with Crippen molar-refractivity contribution in [2.75, 3.05) is 50.0 Å². The zero-order valence-electron chi connectivity index (χ0n) is 23.5. The van der Waals surface area contributed by atoms with Crippen LogP contribution < -0.4 is 20.1 Å². The molecule has 2 fully saturated rings. The summed E-state index contributed by atoms with van der Waals surface area (Å²) in [4.78, 5) is 4.64. The molecule has 0 aromatic heterocycles. The summed E-state index contributed by atoms with van der Waals surface area (Å²) in [5.41, 5.74) is 2.04. The van der Waals surface area contributed by atoms with Crippen LogP contribution in [0.15, 0.2) is 48.5 Å². The molecule has 2 aliphatic rings. The molecule has 0 aliphatic carbocycles. The van der Waals surface area contributed by atoms with Crippen LogP contribution in [0, 0.1) is 11.8 Å². The first-order valence-corrected chi connectivity index (χ1v) is 15.4. The van der Waals surface area contributed by atoms with Gasteiger partial charge in [0.05, 0.1) is 13.2 Å². The van der Waals surface area contributed by atoms with E-state index in [0.717, 1.165) is 71.1 Å². The highest BCUT2D eigenvalue weighted by molar-refractivity contribution is 7.80. The van der Waals surface area contributed by atoms with Gasteiger partial charge in [-0.05, 0) is 124 Å². The Hall–Kier alpha value is -2.58. The average molecular weight is 569 g/mol. The highest BCUT2D eigenvalue weighted by atomic mass is 32.1. The summed E-state index contributed by atoms with van der Waals surface area (Å²) in [6.07, 6.45) is 8.93. The number of thiocarbonyl (C=S) groups is 2. The Kier molecular flexibility index (Phi) is 11.5. The maximum atomic E-state index is 5.69. The molecule has 0 amide bonds. The molecule has 2 aliphatic heterocycles. The summed E-state index contributed by atoms with van der Waals surface area (Å²) in [7, 11) is 0. The molecule has 0 atom stereocenters. The first-order valence-electron chi connectivity index (χ1n) is 14.6. The van der Waals surface area contributed by atoms with Crippen molar-refractivity contribution in [1.82, 2.24) is 9.80 Å². The number of ether oxygens (including phenoxy) is 2. The fourth-order valence-corrected chi connectivity index (χ4v) is 6.15. The van der Waals surface area contributed by atoms with Crippen molar-refractivity contribution in [3.63, 3.8) is 0 Å². The van der Waals surface area contributed by atoms with Crippen LogP contribution in [0.3, 0.4) is 0 Å². The molecule has 2 aromatic carbocycles. The number of rotatable bonds is 10. The molecule has 0 bridgehead atoms. The highest BCUT2D eigenvalue weighted by Gasteiger charge is 2.23. The fourth-order valence-electron chi connectivity index (χ4n) is 5.55. The summed E-state index contributed by atoms with van der Waals surface area (Å²) in [5, 5.41) is 8.45. The summed E-state index contributed by atoms with van der Waals surface area (Å²) >= 11 is 11.4. The van der Waals surface area contributed by atoms with Crippen molar-refractivity contribution in [3.8, 4) is 11.5 Å². The van der Waals surface area contributed by atoms with Crippen molar-refractivity contribution in [2.45, 2.75) is 58.8 Å². The maximum absolute atomic E-state index is 5.69. The van der Waals surface area contributed by atoms with Crippen LogP contribution in [-0.4, -0.2) is 59.4 Å². The molecule has 2 N–H and O–H groups in total. The normalized spacial score (nSPS) is 16.6. The predicted molar refractivity (Wildman–Crippen MR) is 170 cm³/mol. The Morgan fingerprint density at radius 1 is 0.667 bits per heavy atom. The number of anilines is 2. The van der Waals surface area contributed by atoms with Crippen LogP contribution in [-0.2, 0) is 0 Å². The molecule has 2 aromatic rings. The molecular formula is C31H44N4O2S2. The zero-order chi connectivity index (χ0) is 27.5. The third kappa shape index (κ3) is 9.24. The Morgan fingerprint density at radius 3 is 1.36 bits per heavy atom. The fraction of sp³-hybridized carbons (Fsp3) is 0.548. The molecule has 0 radical (unpaired) electrons. The molecule has 0 saturated carbocycles. The van der Waals surface area contributed by atoms with Gasteiger partial charge in [0.2, 0.25) is 0 Å². The topological polar surface area (TPSA) is 49.0 Å². The SMILES string of the molecule is CCOc1ccc(NC(=S)N2CCC(CCCC3CCN(C(=S)Nc4ccc(OCC)cc4)CC3)CC2)cc1. The third-order valence-corrected chi connectivity index (χ3v) is 8.58. The van der Waals surface area contributed by atoms with Crippen molar-refractivity contribution in [2.24, 2.45) is 11.8 Å².